The normalized spacial score (nSPS) is 11.0. The molecule has 0 bridgehead atoms. The Labute approximate surface area is 140 Å². The molecule has 0 radical (unpaired) electrons. The van der Waals surface area contributed by atoms with E-state index in [0.717, 1.165) is 32.8 Å². The topological polar surface area (TPSA) is 27.1 Å². The molecule has 0 spiro atoms. The van der Waals surface area contributed by atoms with Gasteiger partial charge in [0, 0.05) is 5.69 Å². The van der Waals surface area contributed by atoms with E-state index >= 15 is 0 Å². The summed E-state index contributed by atoms with van der Waals surface area (Å²) in [5.74, 6) is 1.81. The lowest BCUT2D eigenvalue weighted by Crippen LogP contribution is -2.00. The highest BCUT2D eigenvalue weighted by molar-refractivity contribution is 9.10. The van der Waals surface area contributed by atoms with Crippen LogP contribution >= 0.6 is 39.1 Å². The molecule has 108 valence electrons. The van der Waals surface area contributed by atoms with Gasteiger partial charge >= 0.3 is 0 Å². The highest BCUT2D eigenvalue weighted by Gasteiger charge is 2.15. The number of imidazole rings is 1. The first-order chi connectivity index (χ1) is 10.2. The van der Waals surface area contributed by atoms with Crippen LogP contribution in [0.15, 0.2) is 40.9 Å². The van der Waals surface area contributed by atoms with E-state index in [9.17, 15) is 0 Å². The molecule has 1 aromatic heterocycles. The molecule has 2 aromatic carbocycles. The van der Waals surface area contributed by atoms with E-state index in [1.807, 2.05) is 41.0 Å². The molecule has 0 saturated heterocycles. The van der Waals surface area contributed by atoms with Gasteiger partial charge in [0.1, 0.15) is 11.6 Å². The summed E-state index contributed by atoms with van der Waals surface area (Å²) in [4.78, 5) is 4.54. The van der Waals surface area contributed by atoms with Crippen LogP contribution in [0.25, 0.3) is 16.7 Å². The minimum absolute atomic E-state index is 0.300. The van der Waals surface area contributed by atoms with Crippen molar-refractivity contribution in [2.75, 3.05) is 7.11 Å². The lowest BCUT2D eigenvalue weighted by Gasteiger charge is -2.11. The largest absolute Gasteiger partial charge is 0.496 e. The Morgan fingerprint density at radius 2 is 2.10 bits per heavy atom. The number of halogens is 3. The van der Waals surface area contributed by atoms with Gasteiger partial charge in [-0.1, -0.05) is 17.7 Å². The van der Waals surface area contributed by atoms with Crippen LogP contribution in [-0.2, 0) is 5.88 Å². The number of ether oxygens (including phenoxy) is 1. The lowest BCUT2D eigenvalue weighted by atomic mass is 10.2. The molecule has 1 heterocycles. The number of methoxy groups -OCH3 is 1. The van der Waals surface area contributed by atoms with Gasteiger partial charge in [-0.25, -0.2) is 4.98 Å². The molecule has 3 rings (SSSR count). The van der Waals surface area contributed by atoms with Crippen molar-refractivity contribution in [3.05, 3.63) is 51.7 Å². The maximum Gasteiger partial charge on any atom is 0.133 e. The third-order valence-corrected chi connectivity index (χ3v) is 4.37. The third-order valence-electron chi connectivity index (χ3n) is 3.21. The Hall–Kier alpha value is -1.23. The molecule has 0 aliphatic rings. The maximum atomic E-state index is 6.34. The highest BCUT2D eigenvalue weighted by atomic mass is 79.9. The SMILES string of the molecule is COc1ccc(-n2c(CCl)nc3cccc(Cl)c32)cc1Br. The molecule has 0 aliphatic heterocycles. The zero-order valence-electron chi connectivity index (χ0n) is 11.1. The second-order valence-corrected chi connectivity index (χ2v) is 5.95. The fourth-order valence-corrected chi connectivity index (χ4v) is 3.26. The second-order valence-electron chi connectivity index (χ2n) is 4.42. The second kappa shape index (κ2) is 5.87. The fourth-order valence-electron chi connectivity index (χ4n) is 2.30. The van der Waals surface area contributed by atoms with Crippen LogP contribution in [0.3, 0.4) is 0 Å². The Balaban J connectivity index is 2.30. The molecule has 3 aromatic rings. The molecule has 21 heavy (non-hydrogen) atoms. The fraction of sp³-hybridized carbons (Fsp3) is 0.133. The maximum absolute atomic E-state index is 6.34. The Bertz CT molecular complexity index is 817. The number of fused-ring (bicyclic) bond motifs is 1. The molecule has 0 aliphatic carbocycles. The van der Waals surface area contributed by atoms with Crippen molar-refractivity contribution in [3.63, 3.8) is 0 Å². The monoisotopic (exact) mass is 384 g/mol. The summed E-state index contributed by atoms with van der Waals surface area (Å²) in [6.45, 7) is 0. The highest BCUT2D eigenvalue weighted by Crippen LogP contribution is 2.32. The molecule has 0 amide bonds. The molecule has 0 fully saturated rings. The van der Waals surface area contributed by atoms with Gasteiger partial charge in [-0.2, -0.15) is 0 Å². The van der Waals surface area contributed by atoms with Gasteiger partial charge in [0.15, 0.2) is 0 Å². The van der Waals surface area contributed by atoms with Crippen LogP contribution in [0.4, 0.5) is 0 Å². The van der Waals surface area contributed by atoms with Gasteiger partial charge in [0.25, 0.3) is 0 Å². The quantitative estimate of drug-likeness (QED) is 0.580. The summed E-state index contributed by atoms with van der Waals surface area (Å²) in [5.41, 5.74) is 2.60. The zero-order valence-corrected chi connectivity index (χ0v) is 14.2. The van der Waals surface area contributed by atoms with Crippen molar-refractivity contribution in [3.8, 4) is 11.4 Å². The Morgan fingerprint density at radius 1 is 1.29 bits per heavy atom. The van der Waals surface area contributed by atoms with E-state index in [2.05, 4.69) is 20.9 Å². The summed E-state index contributed by atoms with van der Waals surface area (Å²) in [5, 5.41) is 0.642. The molecule has 3 nitrogen and oxygen atoms in total. The first kappa shape index (κ1) is 14.7. The van der Waals surface area contributed by atoms with Gasteiger partial charge in [0.2, 0.25) is 0 Å². The van der Waals surface area contributed by atoms with Crippen molar-refractivity contribution in [1.29, 1.82) is 0 Å². The van der Waals surface area contributed by atoms with E-state index in [4.69, 9.17) is 27.9 Å². The van der Waals surface area contributed by atoms with Crippen LogP contribution in [0.1, 0.15) is 5.82 Å². The van der Waals surface area contributed by atoms with Crippen molar-refractivity contribution in [1.82, 2.24) is 9.55 Å². The van der Waals surface area contributed by atoms with Gasteiger partial charge in [0.05, 0.1) is 33.5 Å². The van der Waals surface area contributed by atoms with Crippen LogP contribution in [-0.4, -0.2) is 16.7 Å². The van der Waals surface area contributed by atoms with Crippen molar-refractivity contribution >= 4 is 50.2 Å². The Morgan fingerprint density at radius 3 is 2.76 bits per heavy atom. The average molecular weight is 386 g/mol. The molecular weight excluding hydrogens is 375 g/mol. The standard InChI is InChI=1S/C15H11BrCl2N2O/c1-21-13-6-5-9(7-10(13)16)20-14(8-17)19-12-4-2-3-11(18)15(12)20/h2-7H,8H2,1H3. The van der Waals surface area contributed by atoms with Crippen molar-refractivity contribution < 1.29 is 4.74 Å². The number of hydrogen-bond donors (Lipinski definition) is 0. The van der Waals surface area contributed by atoms with Gasteiger partial charge < -0.3 is 4.74 Å². The van der Waals surface area contributed by atoms with E-state index in [0.29, 0.717) is 10.9 Å². The first-order valence-corrected chi connectivity index (χ1v) is 7.92. The van der Waals surface area contributed by atoms with Gasteiger partial charge in [-0.3, -0.25) is 4.57 Å². The van der Waals surface area contributed by atoms with Crippen LogP contribution in [0.5, 0.6) is 5.75 Å². The average Bonchev–Trinajstić information content (AvgIpc) is 2.87. The summed E-state index contributed by atoms with van der Waals surface area (Å²) >= 11 is 15.9. The van der Waals surface area contributed by atoms with E-state index in [-0.39, 0.29) is 0 Å². The summed E-state index contributed by atoms with van der Waals surface area (Å²) in [6, 6.07) is 11.4. The first-order valence-electron chi connectivity index (χ1n) is 6.21. The number of para-hydroxylation sites is 1. The van der Waals surface area contributed by atoms with Crippen molar-refractivity contribution in [2.24, 2.45) is 0 Å². The third kappa shape index (κ3) is 2.52. The van der Waals surface area contributed by atoms with E-state index in [1.54, 1.807) is 7.11 Å². The Kier molecular flexibility index (Phi) is 4.11. The predicted octanol–water partition coefficient (Wildman–Crippen LogP) is 5.19. The minimum atomic E-state index is 0.300. The van der Waals surface area contributed by atoms with Crippen LogP contribution in [0.2, 0.25) is 5.02 Å². The number of alkyl halides is 1. The number of rotatable bonds is 3. The van der Waals surface area contributed by atoms with Crippen molar-refractivity contribution in [2.45, 2.75) is 5.88 Å². The number of nitrogens with zero attached hydrogens (tertiary/aromatic N) is 2. The molecule has 0 saturated carbocycles. The van der Waals surface area contributed by atoms with Gasteiger partial charge in [-0.15, -0.1) is 11.6 Å². The van der Waals surface area contributed by atoms with Crippen LogP contribution in [0, 0.1) is 0 Å². The number of aromatic nitrogens is 2. The minimum Gasteiger partial charge on any atom is -0.496 e. The summed E-state index contributed by atoms with van der Waals surface area (Å²) < 4.78 is 8.09. The van der Waals surface area contributed by atoms with E-state index < -0.39 is 0 Å². The molecule has 6 heteroatoms. The number of benzene rings is 2. The number of hydrogen-bond acceptors (Lipinski definition) is 2. The summed E-state index contributed by atoms with van der Waals surface area (Å²) in [6.07, 6.45) is 0. The molecule has 0 atom stereocenters. The molecule has 0 unspecified atom stereocenters. The molecule has 0 N–H and O–H groups in total. The van der Waals surface area contributed by atoms with Crippen LogP contribution < -0.4 is 4.74 Å². The van der Waals surface area contributed by atoms with Gasteiger partial charge in [-0.05, 0) is 46.3 Å². The lowest BCUT2D eigenvalue weighted by molar-refractivity contribution is 0.412. The predicted molar refractivity (Wildman–Crippen MR) is 89.9 cm³/mol. The molecular formula is C15H11BrCl2N2O. The smallest absolute Gasteiger partial charge is 0.133 e. The van der Waals surface area contributed by atoms with E-state index in [1.165, 1.54) is 0 Å². The summed E-state index contributed by atoms with van der Waals surface area (Å²) in [7, 11) is 1.63. The zero-order chi connectivity index (χ0) is 15.0.